The Morgan fingerprint density at radius 2 is 1.87 bits per heavy atom. The smallest absolute Gasteiger partial charge is 0.256 e. The first-order valence-corrected chi connectivity index (χ1v) is 5.25. The van der Waals surface area contributed by atoms with Crippen LogP contribution in [0.5, 0.6) is 11.6 Å². The maximum absolute atomic E-state index is 5.64. The average molecular weight is 209 g/mol. The van der Waals surface area contributed by atoms with Crippen molar-refractivity contribution in [2.45, 2.75) is 39.7 Å². The zero-order valence-corrected chi connectivity index (χ0v) is 10.1. The molecule has 0 atom stereocenters. The zero-order chi connectivity index (χ0) is 11.4. The quantitative estimate of drug-likeness (QED) is 0.764. The largest absolute Gasteiger partial charge is 0.485 e. The maximum Gasteiger partial charge on any atom is 0.256 e. The van der Waals surface area contributed by atoms with E-state index in [0.717, 1.165) is 11.3 Å². The van der Waals surface area contributed by atoms with Gasteiger partial charge in [0.2, 0.25) is 0 Å². The summed E-state index contributed by atoms with van der Waals surface area (Å²) in [5.74, 6) is 1.71. The van der Waals surface area contributed by atoms with Crippen LogP contribution < -0.4 is 9.47 Å². The number of hydrogen-bond acceptors (Lipinski definition) is 3. The summed E-state index contributed by atoms with van der Waals surface area (Å²) in [4.78, 5) is 4.22. The molecule has 0 saturated heterocycles. The Labute approximate surface area is 91.4 Å². The molecule has 3 nitrogen and oxygen atoms in total. The van der Waals surface area contributed by atoms with Gasteiger partial charge in [-0.3, -0.25) is 0 Å². The molecule has 1 aromatic rings. The topological polar surface area (TPSA) is 31.4 Å². The normalized spacial score (nSPS) is 10.9. The molecular formula is C12H19NO2. The number of aromatic nitrogens is 1. The molecule has 3 heteroatoms. The highest BCUT2D eigenvalue weighted by molar-refractivity contribution is 5.37. The molecule has 1 rings (SSSR count). The summed E-state index contributed by atoms with van der Waals surface area (Å²) in [6.07, 6.45) is 1.96. The van der Waals surface area contributed by atoms with Gasteiger partial charge in [-0.15, -0.1) is 0 Å². The van der Waals surface area contributed by atoms with Crippen molar-refractivity contribution in [3.8, 4) is 11.6 Å². The fourth-order valence-corrected chi connectivity index (χ4v) is 1.25. The molecule has 0 aliphatic heterocycles. The Kier molecular flexibility index (Phi) is 3.95. The van der Waals surface area contributed by atoms with Gasteiger partial charge >= 0.3 is 0 Å². The van der Waals surface area contributed by atoms with E-state index in [4.69, 9.17) is 9.47 Å². The minimum atomic E-state index is 0.128. The van der Waals surface area contributed by atoms with Crippen LogP contribution in [0.1, 0.15) is 39.2 Å². The zero-order valence-electron chi connectivity index (χ0n) is 10.1. The van der Waals surface area contributed by atoms with Gasteiger partial charge in [0.05, 0.1) is 13.2 Å². The van der Waals surface area contributed by atoms with Gasteiger partial charge < -0.3 is 9.47 Å². The molecule has 0 fully saturated rings. The van der Waals surface area contributed by atoms with Crippen molar-refractivity contribution >= 4 is 0 Å². The van der Waals surface area contributed by atoms with E-state index >= 15 is 0 Å². The number of nitrogens with zero attached hydrogens (tertiary/aromatic N) is 1. The lowest BCUT2D eigenvalue weighted by molar-refractivity contribution is 0.226. The van der Waals surface area contributed by atoms with Gasteiger partial charge in [0.25, 0.3) is 5.88 Å². The molecule has 0 aliphatic rings. The van der Waals surface area contributed by atoms with Gasteiger partial charge in [0.15, 0.2) is 5.75 Å². The standard InChI is InChI=1S/C12H19NO2/c1-8(2)10-6-11(15-9(3)4)12(14-5)13-7-10/h6-9H,1-5H3. The Hall–Kier alpha value is -1.25. The summed E-state index contributed by atoms with van der Waals surface area (Å²) in [6.45, 7) is 8.23. The second kappa shape index (κ2) is 5.01. The summed E-state index contributed by atoms with van der Waals surface area (Å²) in [7, 11) is 1.60. The van der Waals surface area contributed by atoms with Crippen LogP contribution >= 0.6 is 0 Å². The average Bonchev–Trinajstić information content (AvgIpc) is 2.16. The first kappa shape index (κ1) is 11.8. The minimum Gasteiger partial charge on any atom is -0.485 e. The van der Waals surface area contributed by atoms with E-state index in [9.17, 15) is 0 Å². The third-order valence-electron chi connectivity index (χ3n) is 2.06. The van der Waals surface area contributed by atoms with Gasteiger partial charge in [-0.25, -0.2) is 4.98 Å². The van der Waals surface area contributed by atoms with Crippen LogP contribution in [0.15, 0.2) is 12.3 Å². The van der Waals surface area contributed by atoms with Gasteiger partial charge in [-0.1, -0.05) is 13.8 Å². The fraction of sp³-hybridized carbons (Fsp3) is 0.583. The molecule has 0 radical (unpaired) electrons. The van der Waals surface area contributed by atoms with Crippen molar-refractivity contribution in [1.82, 2.24) is 4.98 Å². The molecule has 0 unspecified atom stereocenters. The van der Waals surface area contributed by atoms with Crippen molar-refractivity contribution in [2.75, 3.05) is 7.11 Å². The first-order chi connectivity index (χ1) is 7.04. The summed E-state index contributed by atoms with van der Waals surface area (Å²) >= 11 is 0. The van der Waals surface area contributed by atoms with Crippen LogP contribution in [0.4, 0.5) is 0 Å². The van der Waals surface area contributed by atoms with E-state index in [1.54, 1.807) is 7.11 Å². The van der Waals surface area contributed by atoms with Crippen LogP contribution in [0.25, 0.3) is 0 Å². The highest BCUT2D eigenvalue weighted by Gasteiger charge is 2.10. The summed E-state index contributed by atoms with van der Waals surface area (Å²) in [5, 5.41) is 0. The van der Waals surface area contributed by atoms with Crippen molar-refractivity contribution in [3.63, 3.8) is 0 Å². The Morgan fingerprint density at radius 1 is 1.20 bits per heavy atom. The van der Waals surface area contributed by atoms with Crippen LogP contribution in [-0.2, 0) is 0 Å². The number of pyridine rings is 1. The summed E-state index contributed by atoms with van der Waals surface area (Å²) in [6, 6.07) is 2.00. The molecule has 84 valence electrons. The predicted molar refractivity (Wildman–Crippen MR) is 60.6 cm³/mol. The number of methoxy groups -OCH3 is 1. The van der Waals surface area contributed by atoms with Crippen LogP contribution in [0.3, 0.4) is 0 Å². The van der Waals surface area contributed by atoms with Crippen LogP contribution in [0, 0.1) is 0 Å². The number of ether oxygens (including phenoxy) is 2. The second-order valence-electron chi connectivity index (χ2n) is 4.10. The van der Waals surface area contributed by atoms with Crippen LogP contribution in [-0.4, -0.2) is 18.2 Å². The number of hydrogen-bond donors (Lipinski definition) is 0. The van der Waals surface area contributed by atoms with Gasteiger partial charge in [0.1, 0.15) is 0 Å². The van der Waals surface area contributed by atoms with Gasteiger partial charge in [0, 0.05) is 6.20 Å². The van der Waals surface area contributed by atoms with Crippen molar-refractivity contribution in [3.05, 3.63) is 17.8 Å². The molecule has 0 bridgehead atoms. The van der Waals surface area contributed by atoms with E-state index in [1.165, 1.54) is 0 Å². The maximum atomic E-state index is 5.64. The molecule has 0 amide bonds. The SMILES string of the molecule is COc1ncc(C(C)C)cc1OC(C)C. The first-order valence-electron chi connectivity index (χ1n) is 5.25. The molecule has 0 aliphatic carbocycles. The molecule has 0 aromatic carbocycles. The second-order valence-corrected chi connectivity index (χ2v) is 4.10. The van der Waals surface area contributed by atoms with Gasteiger partial charge in [-0.05, 0) is 31.4 Å². The fourth-order valence-electron chi connectivity index (χ4n) is 1.25. The lowest BCUT2D eigenvalue weighted by atomic mass is 10.1. The lowest BCUT2D eigenvalue weighted by Gasteiger charge is -2.14. The molecule has 1 aromatic heterocycles. The van der Waals surface area contributed by atoms with E-state index in [0.29, 0.717) is 11.8 Å². The number of rotatable bonds is 4. The third-order valence-corrected chi connectivity index (χ3v) is 2.06. The summed E-state index contributed by atoms with van der Waals surface area (Å²) in [5.41, 5.74) is 1.16. The molecular weight excluding hydrogens is 190 g/mol. The molecule has 15 heavy (non-hydrogen) atoms. The Balaban J connectivity index is 3.02. The van der Waals surface area contributed by atoms with E-state index in [-0.39, 0.29) is 6.10 Å². The molecule has 0 N–H and O–H groups in total. The predicted octanol–water partition coefficient (Wildman–Crippen LogP) is 3.00. The lowest BCUT2D eigenvalue weighted by Crippen LogP contribution is -2.08. The van der Waals surface area contributed by atoms with Gasteiger partial charge in [-0.2, -0.15) is 0 Å². The third kappa shape index (κ3) is 3.11. The molecule has 0 saturated carbocycles. The Bertz CT molecular complexity index is 321. The van der Waals surface area contributed by atoms with E-state index < -0.39 is 0 Å². The highest BCUT2D eigenvalue weighted by Crippen LogP contribution is 2.28. The highest BCUT2D eigenvalue weighted by atomic mass is 16.5. The van der Waals surface area contributed by atoms with Crippen LogP contribution in [0.2, 0.25) is 0 Å². The molecule has 0 spiro atoms. The van der Waals surface area contributed by atoms with E-state index in [1.807, 2.05) is 26.1 Å². The van der Waals surface area contributed by atoms with Crippen molar-refractivity contribution < 1.29 is 9.47 Å². The molecule has 1 heterocycles. The van der Waals surface area contributed by atoms with Crippen molar-refractivity contribution in [2.24, 2.45) is 0 Å². The minimum absolute atomic E-state index is 0.128. The Morgan fingerprint density at radius 3 is 2.33 bits per heavy atom. The van der Waals surface area contributed by atoms with E-state index in [2.05, 4.69) is 18.8 Å². The summed E-state index contributed by atoms with van der Waals surface area (Å²) < 4.78 is 10.8. The van der Waals surface area contributed by atoms with Crippen molar-refractivity contribution in [1.29, 1.82) is 0 Å². The monoisotopic (exact) mass is 209 g/mol.